The monoisotopic (exact) mass is 482 g/mol. The fraction of sp³-hybridized carbons (Fsp3) is 0.276. The molecule has 4 aromatic rings. The molecule has 0 spiro atoms. The Balaban J connectivity index is 1.58. The number of benzene rings is 2. The number of carbonyl (C=O) groups is 2. The zero-order valence-electron chi connectivity index (χ0n) is 20.8. The van der Waals surface area contributed by atoms with Crippen LogP contribution in [0.2, 0.25) is 0 Å². The highest BCUT2D eigenvalue weighted by Crippen LogP contribution is 2.36. The molecule has 0 saturated heterocycles. The van der Waals surface area contributed by atoms with Crippen LogP contribution in [-0.4, -0.2) is 28.5 Å². The van der Waals surface area contributed by atoms with E-state index in [0.717, 1.165) is 24.1 Å². The summed E-state index contributed by atoms with van der Waals surface area (Å²) in [5.41, 5.74) is 6.80. The largest absolute Gasteiger partial charge is 0.464 e. The zero-order valence-corrected chi connectivity index (χ0v) is 20.8. The molecule has 2 aromatic heterocycles. The smallest absolute Gasteiger partial charge is 0.356 e. The lowest BCUT2D eigenvalue weighted by Gasteiger charge is -2.11. The van der Waals surface area contributed by atoms with E-state index in [4.69, 9.17) is 9.72 Å². The molecule has 7 nitrogen and oxygen atoms in total. The van der Waals surface area contributed by atoms with E-state index < -0.39 is 5.97 Å². The van der Waals surface area contributed by atoms with E-state index in [0.29, 0.717) is 35.5 Å². The number of nitrogens with one attached hydrogen (secondary N) is 2. The van der Waals surface area contributed by atoms with E-state index in [-0.39, 0.29) is 11.8 Å². The van der Waals surface area contributed by atoms with Gasteiger partial charge in [0.05, 0.1) is 24.7 Å². The first-order valence-electron chi connectivity index (χ1n) is 12.2. The van der Waals surface area contributed by atoms with Crippen LogP contribution in [0.4, 0.5) is 11.4 Å². The van der Waals surface area contributed by atoms with E-state index >= 15 is 0 Å². The number of aryl methyl sites for hydroxylation is 2. The van der Waals surface area contributed by atoms with E-state index in [1.54, 1.807) is 6.20 Å². The molecule has 5 rings (SSSR count). The second-order valence-corrected chi connectivity index (χ2v) is 9.43. The van der Waals surface area contributed by atoms with Crippen molar-refractivity contribution in [2.45, 2.75) is 39.8 Å². The molecule has 1 saturated carbocycles. The maximum absolute atomic E-state index is 13.0. The Morgan fingerprint density at radius 2 is 1.86 bits per heavy atom. The lowest BCUT2D eigenvalue weighted by Crippen LogP contribution is -2.18. The number of anilines is 2. The van der Waals surface area contributed by atoms with E-state index in [2.05, 4.69) is 42.7 Å². The number of methoxy groups -OCH3 is 1. The number of rotatable bonds is 8. The van der Waals surface area contributed by atoms with Crippen molar-refractivity contribution in [1.29, 1.82) is 0 Å². The number of nitrogens with zero attached hydrogens (tertiary/aromatic N) is 2. The van der Waals surface area contributed by atoms with Gasteiger partial charge in [-0.1, -0.05) is 54.1 Å². The Bertz CT molecular complexity index is 1440. The Morgan fingerprint density at radius 1 is 1.08 bits per heavy atom. The molecule has 1 aliphatic rings. The lowest BCUT2D eigenvalue weighted by molar-refractivity contribution is -0.117. The van der Waals surface area contributed by atoms with Crippen molar-refractivity contribution in [2.75, 3.05) is 17.7 Å². The van der Waals surface area contributed by atoms with Crippen molar-refractivity contribution >= 4 is 34.3 Å². The van der Waals surface area contributed by atoms with Gasteiger partial charge in [-0.05, 0) is 49.4 Å². The minimum absolute atomic E-state index is 0.0124. The summed E-state index contributed by atoms with van der Waals surface area (Å²) in [6, 6.07) is 18.2. The molecule has 184 valence electrons. The number of carbonyl (C=O) groups excluding carboxylic acids is 2. The normalized spacial score (nSPS) is 13.0. The molecular weight excluding hydrogens is 452 g/mol. The van der Waals surface area contributed by atoms with Crippen LogP contribution in [-0.2, 0) is 22.6 Å². The highest BCUT2D eigenvalue weighted by Gasteiger charge is 2.33. The van der Waals surface area contributed by atoms with Crippen molar-refractivity contribution in [1.82, 2.24) is 9.55 Å². The summed E-state index contributed by atoms with van der Waals surface area (Å²) in [5, 5.41) is 7.18. The molecule has 0 bridgehead atoms. The van der Waals surface area contributed by atoms with Crippen molar-refractivity contribution in [3.8, 4) is 0 Å². The molecular formula is C29H30N4O3. The fourth-order valence-electron chi connectivity index (χ4n) is 4.44. The molecule has 36 heavy (non-hydrogen) atoms. The minimum Gasteiger partial charge on any atom is -0.464 e. The van der Waals surface area contributed by atoms with Crippen LogP contribution in [0, 0.1) is 19.8 Å². The van der Waals surface area contributed by atoms with Gasteiger partial charge in [-0.3, -0.25) is 4.79 Å². The van der Waals surface area contributed by atoms with Gasteiger partial charge in [-0.15, -0.1) is 0 Å². The molecule has 2 N–H and O–H groups in total. The van der Waals surface area contributed by atoms with Crippen LogP contribution >= 0.6 is 0 Å². The van der Waals surface area contributed by atoms with E-state index in [1.165, 1.54) is 23.8 Å². The van der Waals surface area contributed by atoms with Crippen LogP contribution in [0.1, 0.15) is 45.6 Å². The predicted molar refractivity (Wildman–Crippen MR) is 141 cm³/mol. The van der Waals surface area contributed by atoms with Gasteiger partial charge in [0.15, 0.2) is 5.69 Å². The maximum atomic E-state index is 13.0. The Morgan fingerprint density at radius 3 is 2.58 bits per heavy atom. The molecule has 2 heterocycles. The number of ether oxygens (including phenoxy) is 1. The van der Waals surface area contributed by atoms with Gasteiger partial charge >= 0.3 is 5.97 Å². The predicted octanol–water partition coefficient (Wildman–Crippen LogP) is 5.45. The summed E-state index contributed by atoms with van der Waals surface area (Å²) in [6.45, 7) is 5.23. The molecule has 1 fully saturated rings. The van der Waals surface area contributed by atoms with Gasteiger partial charge < -0.3 is 19.9 Å². The zero-order chi connectivity index (χ0) is 25.2. The summed E-state index contributed by atoms with van der Waals surface area (Å²) in [7, 11) is 1.35. The third-order valence-electron chi connectivity index (χ3n) is 6.64. The molecule has 0 atom stereocenters. The molecule has 0 unspecified atom stereocenters. The second kappa shape index (κ2) is 9.85. The number of amides is 1. The number of esters is 1. The van der Waals surface area contributed by atoms with Crippen LogP contribution in [0.15, 0.2) is 60.8 Å². The Hall–Kier alpha value is -4.13. The summed E-state index contributed by atoms with van der Waals surface area (Å²) in [5.74, 6) is -0.603. The van der Waals surface area contributed by atoms with Crippen molar-refractivity contribution < 1.29 is 14.3 Å². The number of hydrogen-bond acceptors (Lipinski definition) is 5. The lowest BCUT2D eigenvalue weighted by atomic mass is 10.1. The number of fused-ring (bicyclic) bond motifs is 1. The van der Waals surface area contributed by atoms with Gasteiger partial charge in [0.25, 0.3) is 0 Å². The highest BCUT2D eigenvalue weighted by molar-refractivity contribution is 6.11. The number of pyridine rings is 1. The summed E-state index contributed by atoms with van der Waals surface area (Å²) in [6.07, 6.45) is 3.49. The standard InChI is InChI=1S/C29H30N4O3/c1-18-9-10-19(2)22(13-18)15-30-23-14-24-25(32-28(34)21-11-12-21)26(29(35)36-3)33(27(24)31-16-23)17-20-7-5-4-6-8-20/h4-10,13-14,16,21,30H,11-12,15,17H2,1-3H3,(H,32,34). The van der Waals surface area contributed by atoms with Crippen molar-refractivity contribution in [3.63, 3.8) is 0 Å². The van der Waals surface area contributed by atoms with Crippen LogP contribution in [0.3, 0.4) is 0 Å². The van der Waals surface area contributed by atoms with Gasteiger partial charge in [-0.25, -0.2) is 9.78 Å². The summed E-state index contributed by atoms with van der Waals surface area (Å²) in [4.78, 5) is 30.6. The number of aromatic nitrogens is 2. The molecule has 7 heteroatoms. The van der Waals surface area contributed by atoms with Gasteiger partial charge in [0, 0.05) is 24.4 Å². The third kappa shape index (κ3) is 4.82. The molecule has 0 aliphatic heterocycles. The second-order valence-electron chi connectivity index (χ2n) is 9.43. The topological polar surface area (TPSA) is 85.2 Å². The Labute approximate surface area is 210 Å². The number of hydrogen-bond donors (Lipinski definition) is 2. The van der Waals surface area contributed by atoms with Crippen LogP contribution in [0.5, 0.6) is 0 Å². The maximum Gasteiger partial charge on any atom is 0.356 e. The fourth-order valence-corrected chi connectivity index (χ4v) is 4.44. The van der Waals surface area contributed by atoms with E-state index in [1.807, 2.05) is 41.0 Å². The quantitative estimate of drug-likeness (QED) is 0.326. The van der Waals surface area contributed by atoms with Crippen LogP contribution in [0.25, 0.3) is 11.0 Å². The molecule has 1 aliphatic carbocycles. The minimum atomic E-state index is -0.514. The first-order valence-corrected chi connectivity index (χ1v) is 12.2. The molecule has 1 amide bonds. The first kappa shape index (κ1) is 23.6. The first-order chi connectivity index (χ1) is 17.4. The average Bonchev–Trinajstić information content (AvgIpc) is 3.70. The van der Waals surface area contributed by atoms with Crippen molar-refractivity contribution in [2.24, 2.45) is 5.92 Å². The molecule has 0 radical (unpaired) electrons. The van der Waals surface area contributed by atoms with E-state index in [9.17, 15) is 9.59 Å². The Kier molecular flexibility index (Phi) is 6.46. The summed E-state index contributed by atoms with van der Waals surface area (Å²) < 4.78 is 6.97. The van der Waals surface area contributed by atoms with Gasteiger partial charge in [0.1, 0.15) is 5.65 Å². The third-order valence-corrected chi connectivity index (χ3v) is 6.64. The summed E-state index contributed by atoms with van der Waals surface area (Å²) >= 11 is 0. The van der Waals surface area contributed by atoms with Crippen LogP contribution < -0.4 is 10.6 Å². The average molecular weight is 483 g/mol. The van der Waals surface area contributed by atoms with Gasteiger partial charge in [-0.2, -0.15) is 0 Å². The van der Waals surface area contributed by atoms with Crippen molar-refractivity contribution in [3.05, 3.63) is 88.7 Å². The highest BCUT2D eigenvalue weighted by atomic mass is 16.5. The molecule has 2 aromatic carbocycles. The van der Waals surface area contributed by atoms with Gasteiger partial charge in [0.2, 0.25) is 5.91 Å². The SMILES string of the molecule is COC(=O)c1c(NC(=O)C2CC2)c2cc(NCc3cc(C)ccc3C)cnc2n1Cc1ccccc1.